The Bertz CT molecular complexity index is 881. The minimum Gasteiger partial charge on any atom is -0.470 e. The molecule has 1 heterocycles. The molecule has 0 aliphatic carbocycles. The molecule has 0 aliphatic heterocycles. The quantitative estimate of drug-likeness (QED) is 0.362. The molecular formula is C17H16ClF3N4O2S. The number of halogens is 4. The molecule has 0 saturated carbocycles. The normalized spacial score (nSPS) is 12.7. The second kappa shape index (κ2) is 10.2. The number of anilines is 1. The highest BCUT2D eigenvalue weighted by molar-refractivity contribution is 7.85. The Balaban J connectivity index is 2.20. The molecule has 0 amide bonds. The van der Waals surface area contributed by atoms with Crippen LogP contribution in [-0.4, -0.2) is 41.1 Å². The maximum atomic E-state index is 13.4. The van der Waals surface area contributed by atoms with Crippen LogP contribution in [0.5, 0.6) is 0 Å². The number of hydrogen-bond donors (Lipinski definition) is 0. The largest absolute Gasteiger partial charge is 0.470 e. The van der Waals surface area contributed by atoms with E-state index in [0.717, 1.165) is 0 Å². The minimum atomic E-state index is -2.67. The van der Waals surface area contributed by atoms with E-state index < -0.39 is 29.8 Å². The van der Waals surface area contributed by atoms with Crippen molar-refractivity contribution in [2.24, 2.45) is 10.2 Å². The standard InChI is InChI=1S/C17H16ClF3N4O2S/c1-22-24-17(27-10-16(20)21)11-3-4-12(23-8-11)9-25(28(2)26)13-5-6-15(19)14(18)7-13/h3-8,16H,1,9-10H2,2H3/b24-17-. The molecule has 150 valence electrons. The molecule has 0 fully saturated rings. The second-order valence-electron chi connectivity index (χ2n) is 5.35. The number of pyridine rings is 1. The minimum absolute atomic E-state index is 0.0924. The van der Waals surface area contributed by atoms with Crippen molar-refractivity contribution < 1.29 is 22.1 Å². The van der Waals surface area contributed by atoms with E-state index in [1.807, 2.05) is 0 Å². The van der Waals surface area contributed by atoms with E-state index in [9.17, 15) is 17.4 Å². The van der Waals surface area contributed by atoms with Crippen LogP contribution in [0, 0.1) is 5.82 Å². The fraction of sp³-hybridized carbons (Fsp3) is 0.235. The average Bonchev–Trinajstić information content (AvgIpc) is 2.65. The average molecular weight is 433 g/mol. The lowest BCUT2D eigenvalue weighted by Crippen LogP contribution is -2.25. The van der Waals surface area contributed by atoms with E-state index in [0.29, 0.717) is 16.9 Å². The summed E-state index contributed by atoms with van der Waals surface area (Å²) < 4.78 is 56.5. The molecule has 0 radical (unpaired) electrons. The topological polar surface area (TPSA) is 67.2 Å². The highest BCUT2D eigenvalue weighted by Crippen LogP contribution is 2.24. The van der Waals surface area contributed by atoms with Crippen molar-refractivity contribution in [3.63, 3.8) is 0 Å². The van der Waals surface area contributed by atoms with Gasteiger partial charge in [-0.2, -0.15) is 5.10 Å². The molecule has 11 heteroatoms. The number of aromatic nitrogens is 1. The van der Waals surface area contributed by atoms with Gasteiger partial charge in [0.05, 0.1) is 28.5 Å². The molecule has 28 heavy (non-hydrogen) atoms. The maximum absolute atomic E-state index is 13.4. The van der Waals surface area contributed by atoms with Crippen molar-refractivity contribution in [2.75, 3.05) is 17.2 Å². The Hall–Kier alpha value is -2.46. The van der Waals surface area contributed by atoms with Crippen LogP contribution in [0.15, 0.2) is 46.7 Å². The molecule has 0 N–H and O–H groups in total. The molecule has 1 unspecified atom stereocenters. The second-order valence-corrected chi connectivity index (χ2v) is 7.04. The van der Waals surface area contributed by atoms with Crippen LogP contribution in [0.25, 0.3) is 0 Å². The zero-order chi connectivity index (χ0) is 20.7. The molecular weight excluding hydrogens is 417 g/mol. The van der Waals surface area contributed by atoms with Gasteiger partial charge in [0, 0.05) is 19.2 Å². The molecule has 2 aromatic rings. The van der Waals surface area contributed by atoms with Gasteiger partial charge in [-0.15, -0.1) is 5.10 Å². The molecule has 2 rings (SSSR count). The van der Waals surface area contributed by atoms with E-state index in [1.165, 1.54) is 35.0 Å². The third-order valence-corrected chi connectivity index (χ3v) is 4.64. The smallest absolute Gasteiger partial charge is 0.272 e. The lowest BCUT2D eigenvalue weighted by molar-refractivity contribution is 0.0765. The predicted molar refractivity (Wildman–Crippen MR) is 104 cm³/mol. The van der Waals surface area contributed by atoms with Crippen molar-refractivity contribution >= 4 is 40.9 Å². The Morgan fingerprint density at radius 1 is 1.39 bits per heavy atom. The molecule has 0 aliphatic rings. The Kier molecular flexibility index (Phi) is 7.94. The highest BCUT2D eigenvalue weighted by Gasteiger charge is 2.15. The lowest BCUT2D eigenvalue weighted by Gasteiger charge is -2.21. The van der Waals surface area contributed by atoms with Gasteiger partial charge >= 0.3 is 0 Å². The van der Waals surface area contributed by atoms with Crippen molar-refractivity contribution in [3.05, 3.63) is 58.6 Å². The van der Waals surface area contributed by atoms with Gasteiger partial charge in [-0.3, -0.25) is 9.29 Å². The number of rotatable bonds is 8. The highest BCUT2D eigenvalue weighted by atomic mass is 35.5. The third kappa shape index (κ3) is 6.03. The van der Waals surface area contributed by atoms with Crippen molar-refractivity contribution in [1.82, 2.24) is 4.98 Å². The summed E-state index contributed by atoms with van der Waals surface area (Å²) in [6, 6.07) is 7.14. The number of ether oxygens (including phenoxy) is 1. The molecule has 0 bridgehead atoms. The van der Waals surface area contributed by atoms with E-state index in [2.05, 4.69) is 21.9 Å². The van der Waals surface area contributed by atoms with Crippen LogP contribution < -0.4 is 4.31 Å². The van der Waals surface area contributed by atoms with E-state index in [1.54, 1.807) is 12.1 Å². The Morgan fingerprint density at radius 3 is 2.68 bits per heavy atom. The zero-order valence-electron chi connectivity index (χ0n) is 14.7. The van der Waals surface area contributed by atoms with Crippen molar-refractivity contribution in [1.29, 1.82) is 0 Å². The molecule has 1 atom stereocenters. The van der Waals surface area contributed by atoms with Crippen LogP contribution in [0.1, 0.15) is 11.3 Å². The van der Waals surface area contributed by atoms with Gasteiger partial charge in [0.1, 0.15) is 16.8 Å². The molecule has 1 aromatic carbocycles. The van der Waals surface area contributed by atoms with E-state index >= 15 is 0 Å². The summed E-state index contributed by atoms with van der Waals surface area (Å²) in [5.74, 6) is -0.725. The Labute approximate surface area is 167 Å². The van der Waals surface area contributed by atoms with Crippen LogP contribution >= 0.6 is 11.6 Å². The van der Waals surface area contributed by atoms with Crippen LogP contribution in [0.4, 0.5) is 18.9 Å². The van der Waals surface area contributed by atoms with Gasteiger partial charge < -0.3 is 4.74 Å². The van der Waals surface area contributed by atoms with Crippen LogP contribution in [0.3, 0.4) is 0 Å². The maximum Gasteiger partial charge on any atom is 0.272 e. The predicted octanol–water partition coefficient (Wildman–Crippen LogP) is 3.82. The van der Waals surface area contributed by atoms with Crippen LogP contribution in [-0.2, 0) is 22.3 Å². The number of hydrogen-bond acceptors (Lipinski definition) is 5. The number of nitrogens with zero attached hydrogens (tertiary/aromatic N) is 4. The van der Waals surface area contributed by atoms with Gasteiger partial charge in [-0.25, -0.2) is 17.4 Å². The SMILES string of the molecule is C=N/N=C(\OCC(F)F)c1ccc(CN(c2ccc(F)c(Cl)c2)S(C)=O)nc1. The van der Waals surface area contributed by atoms with Gasteiger partial charge in [0.2, 0.25) is 5.90 Å². The van der Waals surface area contributed by atoms with Crippen molar-refractivity contribution in [2.45, 2.75) is 13.0 Å². The first-order valence-corrected chi connectivity index (χ1v) is 9.67. The monoisotopic (exact) mass is 432 g/mol. The first-order chi connectivity index (χ1) is 13.3. The zero-order valence-corrected chi connectivity index (χ0v) is 16.3. The summed E-state index contributed by atoms with van der Waals surface area (Å²) >= 11 is 5.79. The molecule has 0 saturated heterocycles. The summed E-state index contributed by atoms with van der Waals surface area (Å²) in [7, 11) is -1.44. The summed E-state index contributed by atoms with van der Waals surface area (Å²) in [6.07, 6.45) is 0.154. The van der Waals surface area contributed by atoms with Gasteiger partial charge in [-0.05, 0) is 30.3 Å². The summed E-state index contributed by atoms with van der Waals surface area (Å²) in [5.41, 5.74) is 1.29. The molecule has 6 nitrogen and oxygen atoms in total. The van der Waals surface area contributed by atoms with Crippen LogP contribution in [0.2, 0.25) is 5.02 Å². The Morgan fingerprint density at radius 2 is 2.14 bits per heavy atom. The van der Waals surface area contributed by atoms with Gasteiger partial charge in [0.25, 0.3) is 6.43 Å². The first-order valence-electron chi connectivity index (χ1n) is 7.78. The number of alkyl halides is 2. The van der Waals surface area contributed by atoms with Gasteiger partial charge in [-0.1, -0.05) is 11.6 Å². The summed E-state index contributed by atoms with van der Waals surface area (Å²) in [6.45, 7) is 2.46. The van der Waals surface area contributed by atoms with Crippen molar-refractivity contribution in [3.8, 4) is 0 Å². The number of benzene rings is 1. The summed E-state index contributed by atoms with van der Waals surface area (Å²) in [4.78, 5) is 4.20. The third-order valence-electron chi connectivity index (χ3n) is 3.39. The molecule has 0 spiro atoms. The fourth-order valence-corrected chi connectivity index (χ4v) is 3.04. The fourth-order valence-electron chi connectivity index (χ4n) is 2.14. The first kappa shape index (κ1) is 21.8. The van der Waals surface area contributed by atoms with E-state index in [4.69, 9.17) is 16.3 Å². The van der Waals surface area contributed by atoms with Gasteiger partial charge in [0.15, 0.2) is 6.61 Å². The summed E-state index contributed by atoms with van der Waals surface area (Å²) in [5, 5.41) is 6.77. The van der Waals surface area contributed by atoms with E-state index in [-0.39, 0.29) is 17.5 Å². The molecule has 1 aromatic heterocycles. The lowest BCUT2D eigenvalue weighted by atomic mass is 10.2.